The molecule has 1 unspecified atom stereocenters. The fourth-order valence-electron chi connectivity index (χ4n) is 1.80. The largest absolute Gasteiger partial charge is 0.375 e. The van der Waals surface area contributed by atoms with Crippen molar-refractivity contribution in [1.29, 1.82) is 0 Å². The zero-order valence-corrected chi connectivity index (χ0v) is 9.78. The molecule has 1 aliphatic heterocycles. The number of rotatable bonds is 5. The lowest BCUT2D eigenvalue weighted by molar-refractivity contribution is -0.145. The first-order valence-electron chi connectivity index (χ1n) is 5.84. The Morgan fingerprint density at radius 3 is 2.31 bits per heavy atom. The van der Waals surface area contributed by atoms with Crippen LogP contribution >= 0.6 is 0 Å². The van der Waals surface area contributed by atoms with Crippen LogP contribution in [0.15, 0.2) is 0 Å². The summed E-state index contributed by atoms with van der Waals surface area (Å²) in [5.74, 6) is -0.193. The first-order valence-corrected chi connectivity index (χ1v) is 5.84. The van der Waals surface area contributed by atoms with Gasteiger partial charge in [0, 0.05) is 26.0 Å². The Hall–Kier alpha value is -0.940. The summed E-state index contributed by atoms with van der Waals surface area (Å²) in [6, 6.07) is 0. The van der Waals surface area contributed by atoms with Crippen LogP contribution in [0, 0.1) is 0 Å². The summed E-state index contributed by atoms with van der Waals surface area (Å²) in [4.78, 5) is 24.7. The van der Waals surface area contributed by atoms with E-state index < -0.39 is 0 Å². The lowest BCUT2D eigenvalue weighted by Crippen LogP contribution is -2.44. The molecule has 5 heteroatoms. The molecule has 0 saturated carbocycles. The van der Waals surface area contributed by atoms with Crippen LogP contribution < -0.4 is 5.73 Å². The summed E-state index contributed by atoms with van der Waals surface area (Å²) in [5.41, 5.74) is 5.53. The van der Waals surface area contributed by atoms with E-state index in [4.69, 9.17) is 10.5 Å². The minimum atomic E-state index is -0.240. The Bertz CT molecular complexity index is 238. The van der Waals surface area contributed by atoms with Crippen LogP contribution in [-0.2, 0) is 14.3 Å². The SMILES string of the molecule is CCOC(CN)CN1C(=O)CCCCC1=O. The molecule has 2 amide bonds. The lowest BCUT2D eigenvalue weighted by atomic mass is 10.2. The molecule has 92 valence electrons. The van der Waals surface area contributed by atoms with Gasteiger partial charge in [-0.25, -0.2) is 0 Å². The highest BCUT2D eigenvalue weighted by Crippen LogP contribution is 2.13. The molecule has 0 radical (unpaired) electrons. The molecule has 0 aromatic carbocycles. The van der Waals surface area contributed by atoms with Crippen molar-refractivity contribution in [1.82, 2.24) is 4.90 Å². The number of hydrogen-bond acceptors (Lipinski definition) is 4. The number of nitrogens with zero attached hydrogens (tertiary/aromatic N) is 1. The Morgan fingerprint density at radius 1 is 1.31 bits per heavy atom. The second-order valence-electron chi connectivity index (χ2n) is 3.92. The molecule has 5 nitrogen and oxygen atoms in total. The third-order valence-electron chi connectivity index (χ3n) is 2.68. The highest BCUT2D eigenvalue weighted by molar-refractivity contribution is 5.96. The van der Waals surface area contributed by atoms with Crippen LogP contribution in [0.3, 0.4) is 0 Å². The van der Waals surface area contributed by atoms with Crippen molar-refractivity contribution < 1.29 is 14.3 Å². The molecule has 2 N–H and O–H groups in total. The second kappa shape index (κ2) is 6.60. The number of nitrogens with two attached hydrogens (primary N) is 1. The molecule has 16 heavy (non-hydrogen) atoms. The van der Waals surface area contributed by atoms with Gasteiger partial charge < -0.3 is 10.5 Å². The van der Waals surface area contributed by atoms with Crippen molar-refractivity contribution in [3.05, 3.63) is 0 Å². The van der Waals surface area contributed by atoms with Crippen molar-refractivity contribution in [2.45, 2.75) is 38.7 Å². The average Bonchev–Trinajstić information content (AvgIpc) is 2.42. The van der Waals surface area contributed by atoms with E-state index in [1.54, 1.807) is 0 Å². The summed E-state index contributed by atoms with van der Waals surface area (Å²) >= 11 is 0. The van der Waals surface area contributed by atoms with E-state index in [9.17, 15) is 9.59 Å². The van der Waals surface area contributed by atoms with E-state index in [1.165, 1.54) is 4.90 Å². The van der Waals surface area contributed by atoms with Crippen molar-refractivity contribution in [2.24, 2.45) is 5.73 Å². The van der Waals surface area contributed by atoms with Gasteiger partial charge in [-0.3, -0.25) is 14.5 Å². The molecule has 1 aliphatic rings. The van der Waals surface area contributed by atoms with Gasteiger partial charge in [-0.15, -0.1) is 0 Å². The Labute approximate surface area is 95.9 Å². The summed E-state index contributed by atoms with van der Waals surface area (Å²) in [7, 11) is 0. The molecule has 1 rings (SSSR count). The van der Waals surface area contributed by atoms with Gasteiger partial charge in [-0.1, -0.05) is 0 Å². The monoisotopic (exact) mass is 228 g/mol. The molecule has 1 heterocycles. The maximum absolute atomic E-state index is 11.7. The van der Waals surface area contributed by atoms with Gasteiger partial charge in [0.25, 0.3) is 0 Å². The third kappa shape index (κ3) is 3.57. The van der Waals surface area contributed by atoms with E-state index in [2.05, 4.69) is 0 Å². The normalized spacial score (nSPS) is 19.8. The van der Waals surface area contributed by atoms with Gasteiger partial charge in [0.2, 0.25) is 11.8 Å². The van der Waals surface area contributed by atoms with Gasteiger partial charge >= 0.3 is 0 Å². The van der Waals surface area contributed by atoms with Crippen molar-refractivity contribution in [3.63, 3.8) is 0 Å². The molecule has 1 saturated heterocycles. The van der Waals surface area contributed by atoms with Crippen molar-refractivity contribution in [2.75, 3.05) is 19.7 Å². The van der Waals surface area contributed by atoms with Crippen molar-refractivity contribution in [3.8, 4) is 0 Å². The van der Waals surface area contributed by atoms with Gasteiger partial charge in [0.1, 0.15) is 0 Å². The molecule has 0 spiro atoms. The minimum absolute atomic E-state index is 0.0966. The highest BCUT2D eigenvalue weighted by atomic mass is 16.5. The third-order valence-corrected chi connectivity index (χ3v) is 2.68. The first-order chi connectivity index (χ1) is 7.69. The summed E-state index contributed by atoms with van der Waals surface area (Å²) in [6.07, 6.45) is 2.26. The molecule has 0 aromatic rings. The fourth-order valence-corrected chi connectivity index (χ4v) is 1.80. The van der Waals surface area contributed by atoms with E-state index >= 15 is 0 Å². The maximum Gasteiger partial charge on any atom is 0.229 e. The Balaban J connectivity index is 2.59. The number of amides is 2. The number of likely N-dealkylation sites (tertiary alicyclic amines) is 1. The molecule has 1 atom stereocenters. The van der Waals surface area contributed by atoms with Crippen LogP contribution in [-0.4, -0.2) is 42.5 Å². The number of hydrogen-bond donors (Lipinski definition) is 1. The van der Waals surface area contributed by atoms with Crippen molar-refractivity contribution >= 4 is 11.8 Å². The zero-order chi connectivity index (χ0) is 12.0. The average molecular weight is 228 g/mol. The van der Waals surface area contributed by atoms with E-state index in [0.717, 1.165) is 12.8 Å². The van der Waals surface area contributed by atoms with Crippen LogP contribution in [0.4, 0.5) is 0 Å². The van der Waals surface area contributed by atoms with E-state index in [1.807, 2.05) is 6.92 Å². The molecule has 1 fully saturated rings. The Morgan fingerprint density at radius 2 is 1.88 bits per heavy atom. The zero-order valence-electron chi connectivity index (χ0n) is 9.78. The maximum atomic E-state index is 11.7. The predicted octanol–water partition coefficient (Wildman–Crippen LogP) is 0.279. The molecular weight excluding hydrogens is 208 g/mol. The first kappa shape index (κ1) is 13.1. The molecule has 0 aromatic heterocycles. The number of carbonyl (C=O) groups excluding carboxylic acids is 2. The summed E-state index contributed by atoms with van der Waals surface area (Å²) in [5, 5.41) is 0. The van der Waals surface area contributed by atoms with E-state index in [-0.39, 0.29) is 17.9 Å². The lowest BCUT2D eigenvalue weighted by Gasteiger charge is -2.24. The number of carbonyl (C=O) groups is 2. The molecule has 0 bridgehead atoms. The van der Waals surface area contributed by atoms with Gasteiger partial charge in [0.05, 0.1) is 12.6 Å². The van der Waals surface area contributed by atoms with Gasteiger partial charge in [-0.2, -0.15) is 0 Å². The van der Waals surface area contributed by atoms with Crippen LogP contribution in [0.5, 0.6) is 0 Å². The fraction of sp³-hybridized carbons (Fsp3) is 0.818. The summed E-state index contributed by atoms with van der Waals surface area (Å²) in [6.45, 7) is 3.03. The van der Waals surface area contributed by atoms with E-state index in [0.29, 0.717) is 32.5 Å². The van der Waals surface area contributed by atoms with Crippen LogP contribution in [0.1, 0.15) is 32.6 Å². The smallest absolute Gasteiger partial charge is 0.229 e. The number of ether oxygens (including phenoxy) is 1. The quantitative estimate of drug-likeness (QED) is 0.686. The predicted molar refractivity (Wildman–Crippen MR) is 59.7 cm³/mol. The minimum Gasteiger partial charge on any atom is -0.375 e. The van der Waals surface area contributed by atoms with Crippen LogP contribution in [0.25, 0.3) is 0 Å². The van der Waals surface area contributed by atoms with Gasteiger partial charge in [0.15, 0.2) is 0 Å². The second-order valence-corrected chi connectivity index (χ2v) is 3.92. The Kier molecular flexibility index (Phi) is 5.42. The molecular formula is C11H20N2O3. The topological polar surface area (TPSA) is 72.6 Å². The van der Waals surface area contributed by atoms with Gasteiger partial charge in [-0.05, 0) is 19.8 Å². The molecule has 0 aliphatic carbocycles. The highest BCUT2D eigenvalue weighted by Gasteiger charge is 2.26. The van der Waals surface area contributed by atoms with Crippen LogP contribution in [0.2, 0.25) is 0 Å². The number of imide groups is 1. The summed E-state index contributed by atoms with van der Waals surface area (Å²) < 4.78 is 5.36. The standard InChI is InChI=1S/C11H20N2O3/c1-2-16-9(7-12)8-13-10(14)5-3-4-6-11(13)15/h9H,2-8,12H2,1H3.